The third kappa shape index (κ3) is 3.55. The first-order chi connectivity index (χ1) is 7.51. The molecule has 1 aromatic carbocycles. The van der Waals surface area contributed by atoms with Crippen molar-refractivity contribution in [3.8, 4) is 0 Å². The van der Waals surface area contributed by atoms with E-state index in [1.807, 2.05) is 0 Å². The molecule has 0 saturated heterocycles. The summed E-state index contributed by atoms with van der Waals surface area (Å²) in [5.41, 5.74) is -2.75. The van der Waals surface area contributed by atoms with Gasteiger partial charge in [-0.25, -0.2) is 0 Å². The van der Waals surface area contributed by atoms with Crippen molar-refractivity contribution in [1.29, 1.82) is 0 Å². The highest BCUT2D eigenvalue weighted by molar-refractivity contribution is 7.80. The van der Waals surface area contributed by atoms with Crippen molar-refractivity contribution in [3.05, 3.63) is 34.9 Å². The minimum Gasteiger partial charge on any atom is -0.171 e. The molecule has 0 saturated carbocycles. The van der Waals surface area contributed by atoms with Gasteiger partial charge in [0.1, 0.15) is 0 Å². The van der Waals surface area contributed by atoms with E-state index in [1.165, 1.54) is 6.92 Å². The summed E-state index contributed by atoms with van der Waals surface area (Å²) in [6.45, 7) is 1.40. The zero-order chi connectivity index (χ0) is 13.4. The summed E-state index contributed by atoms with van der Waals surface area (Å²) in [6, 6.07) is 1.44. The van der Waals surface area contributed by atoms with Gasteiger partial charge in [-0.3, -0.25) is 0 Å². The van der Waals surface area contributed by atoms with E-state index in [0.29, 0.717) is 12.1 Å². The van der Waals surface area contributed by atoms with Gasteiger partial charge < -0.3 is 0 Å². The molecule has 0 heterocycles. The Morgan fingerprint density at radius 2 is 1.24 bits per heavy atom. The molecule has 0 aliphatic rings. The maximum Gasteiger partial charge on any atom is 0.416 e. The smallest absolute Gasteiger partial charge is 0.171 e. The zero-order valence-electron chi connectivity index (χ0n) is 8.52. The molecule has 7 heteroatoms. The van der Waals surface area contributed by atoms with Gasteiger partial charge in [0.05, 0.1) is 11.1 Å². The van der Waals surface area contributed by atoms with Crippen LogP contribution in [0.1, 0.15) is 28.9 Å². The van der Waals surface area contributed by atoms with Crippen molar-refractivity contribution >= 4 is 12.6 Å². The quantitative estimate of drug-likeness (QED) is 0.556. The van der Waals surface area contributed by atoms with Crippen LogP contribution in [0.3, 0.4) is 0 Å². The highest BCUT2D eigenvalue weighted by Crippen LogP contribution is 2.38. The summed E-state index contributed by atoms with van der Waals surface area (Å²) in [4.78, 5) is 0. The average molecular weight is 274 g/mol. The van der Waals surface area contributed by atoms with Crippen LogP contribution in [-0.4, -0.2) is 0 Å². The maximum atomic E-state index is 12.4. The minimum atomic E-state index is -4.81. The van der Waals surface area contributed by atoms with Gasteiger partial charge >= 0.3 is 12.4 Å². The second kappa shape index (κ2) is 4.44. The second-order valence-electron chi connectivity index (χ2n) is 3.52. The number of rotatable bonds is 1. The van der Waals surface area contributed by atoms with Gasteiger partial charge in [-0.2, -0.15) is 39.0 Å². The summed E-state index contributed by atoms with van der Waals surface area (Å²) in [7, 11) is 0. The van der Waals surface area contributed by atoms with Crippen molar-refractivity contribution in [2.45, 2.75) is 24.5 Å². The van der Waals surface area contributed by atoms with Gasteiger partial charge in [0.25, 0.3) is 0 Å². The first-order valence-corrected chi connectivity index (χ1v) is 5.01. The van der Waals surface area contributed by atoms with E-state index < -0.39 is 28.7 Å². The Morgan fingerprint density at radius 1 is 0.882 bits per heavy atom. The molecule has 96 valence electrons. The summed E-state index contributed by atoms with van der Waals surface area (Å²) in [5.74, 6) is 0. The van der Waals surface area contributed by atoms with Gasteiger partial charge in [-0.15, -0.1) is 0 Å². The lowest BCUT2D eigenvalue weighted by atomic mass is 10.0. The predicted octanol–water partition coefficient (Wildman–Crippen LogP) is 4.72. The summed E-state index contributed by atoms with van der Waals surface area (Å²) in [5, 5.41) is -0.710. The molecule has 0 spiro atoms. The van der Waals surface area contributed by atoms with Crippen LogP contribution in [0, 0.1) is 0 Å². The molecule has 1 rings (SSSR count). The normalized spacial score (nSPS) is 14.8. The van der Waals surface area contributed by atoms with Crippen LogP contribution in [0.5, 0.6) is 0 Å². The van der Waals surface area contributed by atoms with Crippen LogP contribution < -0.4 is 0 Å². The van der Waals surface area contributed by atoms with Crippen LogP contribution in [0.4, 0.5) is 26.3 Å². The Hall–Kier alpha value is -0.850. The fourth-order valence-electron chi connectivity index (χ4n) is 1.22. The number of thiol groups is 1. The van der Waals surface area contributed by atoms with E-state index in [1.54, 1.807) is 0 Å². The number of alkyl halides is 6. The molecular formula is C10H8F6S. The van der Waals surface area contributed by atoms with Crippen molar-refractivity contribution in [2.75, 3.05) is 0 Å². The molecule has 1 aromatic rings. The Morgan fingerprint density at radius 3 is 1.47 bits per heavy atom. The molecule has 0 aliphatic carbocycles. The van der Waals surface area contributed by atoms with E-state index in [2.05, 4.69) is 12.6 Å². The summed E-state index contributed by atoms with van der Waals surface area (Å²) >= 11 is 3.84. The van der Waals surface area contributed by atoms with Crippen molar-refractivity contribution < 1.29 is 26.3 Å². The molecule has 0 radical (unpaired) electrons. The maximum absolute atomic E-state index is 12.4. The monoisotopic (exact) mass is 274 g/mol. The van der Waals surface area contributed by atoms with Crippen molar-refractivity contribution in [3.63, 3.8) is 0 Å². The lowest BCUT2D eigenvalue weighted by Crippen LogP contribution is -2.11. The van der Waals surface area contributed by atoms with Crippen molar-refractivity contribution in [1.82, 2.24) is 0 Å². The largest absolute Gasteiger partial charge is 0.416 e. The van der Waals surface area contributed by atoms with E-state index >= 15 is 0 Å². The van der Waals surface area contributed by atoms with Crippen LogP contribution in [-0.2, 0) is 12.4 Å². The highest BCUT2D eigenvalue weighted by atomic mass is 32.1. The fourth-order valence-corrected chi connectivity index (χ4v) is 1.37. The second-order valence-corrected chi connectivity index (χ2v) is 4.29. The minimum absolute atomic E-state index is 0.0969. The number of hydrogen-bond donors (Lipinski definition) is 1. The summed E-state index contributed by atoms with van der Waals surface area (Å²) in [6.07, 6.45) is -9.61. The number of hydrogen-bond acceptors (Lipinski definition) is 1. The average Bonchev–Trinajstić information content (AvgIpc) is 2.14. The zero-order valence-corrected chi connectivity index (χ0v) is 9.42. The van der Waals surface area contributed by atoms with E-state index in [-0.39, 0.29) is 11.6 Å². The Bertz CT molecular complexity index is 372. The molecule has 0 nitrogen and oxygen atoms in total. The SMILES string of the molecule is C[C@H](S)c1cc(C(F)(F)F)cc(C(F)(F)F)c1. The molecule has 0 fully saturated rings. The van der Waals surface area contributed by atoms with Crippen LogP contribution in [0.15, 0.2) is 18.2 Å². The molecular weight excluding hydrogens is 266 g/mol. The van der Waals surface area contributed by atoms with E-state index in [0.717, 1.165) is 0 Å². The molecule has 0 aromatic heterocycles. The standard InChI is InChI=1S/C10H8F6S/c1-5(17)6-2-7(9(11,12)13)4-8(3-6)10(14,15)16/h2-5,17H,1H3/t5-/m0/s1. The van der Waals surface area contributed by atoms with Gasteiger partial charge in [-0.05, 0) is 30.7 Å². The van der Waals surface area contributed by atoms with Gasteiger partial charge in [0.15, 0.2) is 0 Å². The number of halogens is 6. The first-order valence-electron chi connectivity index (χ1n) is 4.49. The molecule has 0 aliphatic heterocycles. The lowest BCUT2D eigenvalue weighted by Gasteiger charge is -2.15. The Kier molecular flexibility index (Phi) is 3.71. The van der Waals surface area contributed by atoms with Crippen LogP contribution >= 0.6 is 12.6 Å². The van der Waals surface area contributed by atoms with Gasteiger partial charge in [-0.1, -0.05) is 0 Å². The topological polar surface area (TPSA) is 0 Å². The van der Waals surface area contributed by atoms with E-state index in [4.69, 9.17) is 0 Å². The molecule has 17 heavy (non-hydrogen) atoms. The van der Waals surface area contributed by atoms with Gasteiger partial charge in [0.2, 0.25) is 0 Å². The molecule has 0 bridgehead atoms. The molecule has 0 amide bonds. The van der Waals surface area contributed by atoms with E-state index in [9.17, 15) is 26.3 Å². The third-order valence-electron chi connectivity index (χ3n) is 2.09. The van der Waals surface area contributed by atoms with Crippen LogP contribution in [0.25, 0.3) is 0 Å². The molecule has 0 N–H and O–H groups in total. The van der Waals surface area contributed by atoms with Gasteiger partial charge in [0, 0.05) is 5.25 Å². The Labute approximate surface area is 99.0 Å². The van der Waals surface area contributed by atoms with Crippen LogP contribution in [0.2, 0.25) is 0 Å². The van der Waals surface area contributed by atoms with Crippen molar-refractivity contribution in [2.24, 2.45) is 0 Å². The summed E-state index contributed by atoms with van der Waals surface area (Å²) < 4.78 is 74.4. The third-order valence-corrected chi connectivity index (χ3v) is 2.39. The highest BCUT2D eigenvalue weighted by Gasteiger charge is 2.37. The fraction of sp³-hybridized carbons (Fsp3) is 0.400. The Balaban J connectivity index is 3.40. The first kappa shape index (κ1) is 14.2. The predicted molar refractivity (Wildman–Crippen MR) is 53.8 cm³/mol. The molecule has 1 atom stereocenters. The molecule has 0 unspecified atom stereocenters. The lowest BCUT2D eigenvalue weighted by molar-refractivity contribution is -0.143. The number of benzene rings is 1.